The van der Waals surface area contributed by atoms with E-state index in [1.165, 1.54) is 24.8 Å². The summed E-state index contributed by atoms with van der Waals surface area (Å²) in [6.07, 6.45) is 5.95. The topological polar surface area (TPSA) is 26.0 Å². The molecule has 0 aliphatic heterocycles. The van der Waals surface area contributed by atoms with Crippen LogP contribution in [0.3, 0.4) is 0 Å². The molecule has 3 unspecified atom stereocenters. The van der Waals surface area contributed by atoms with E-state index in [-0.39, 0.29) is 5.54 Å². The Morgan fingerprint density at radius 3 is 2.53 bits per heavy atom. The molecule has 1 aliphatic carbocycles. The summed E-state index contributed by atoms with van der Waals surface area (Å²) in [5.74, 6) is 1.63. The number of benzene rings is 1. The predicted octanol–water partition coefficient (Wildman–Crippen LogP) is 3.77. The highest BCUT2D eigenvalue weighted by molar-refractivity contribution is 5.15. The summed E-state index contributed by atoms with van der Waals surface area (Å²) in [5.41, 5.74) is 8.06. The van der Waals surface area contributed by atoms with Crippen LogP contribution in [0.5, 0.6) is 0 Å². The molecule has 1 aliphatic rings. The minimum atomic E-state index is 0.0851. The number of hydrogen-bond donors (Lipinski definition) is 1. The van der Waals surface area contributed by atoms with Crippen LogP contribution in [0.25, 0.3) is 0 Å². The van der Waals surface area contributed by atoms with Crippen molar-refractivity contribution >= 4 is 0 Å². The molecule has 1 aromatic rings. The van der Waals surface area contributed by atoms with Gasteiger partial charge in [-0.2, -0.15) is 0 Å². The third kappa shape index (κ3) is 3.32. The zero-order chi connectivity index (χ0) is 12.3. The quantitative estimate of drug-likeness (QED) is 0.842. The van der Waals surface area contributed by atoms with E-state index >= 15 is 0 Å². The first-order chi connectivity index (χ1) is 8.09. The van der Waals surface area contributed by atoms with Gasteiger partial charge in [-0.15, -0.1) is 0 Å². The van der Waals surface area contributed by atoms with Gasteiger partial charge in [0.15, 0.2) is 0 Å². The molecule has 3 atom stereocenters. The van der Waals surface area contributed by atoms with Gasteiger partial charge in [0.2, 0.25) is 0 Å². The van der Waals surface area contributed by atoms with E-state index in [0.29, 0.717) is 0 Å². The van der Waals surface area contributed by atoms with Gasteiger partial charge in [-0.1, -0.05) is 44.2 Å². The fourth-order valence-corrected chi connectivity index (χ4v) is 3.01. The van der Waals surface area contributed by atoms with Crippen molar-refractivity contribution in [3.8, 4) is 0 Å². The maximum Gasteiger partial charge on any atom is 0.0160 e. The number of hydrogen-bond acceptors (Lipinski definition) is 1. The molecule has 0 heterocycles. The lowest BCUT2D eigenvalue weighted by Crippen LogP contribution is -2.46. The van der Waals surface area contributed by atoms with Gasteiger partial charge in [-0.25, -0.2) is 0 Å². The van der Waals surface area contributed by atoms with Crippen LogP contribution in [-0.2, 0) is 6.42 Å². The lowest BCUT2D eigenvalue weighted by molar-refractivity contribution is 0.168. The highest BCUT2D eigenvalue weighted by Gasteiger charge is 2.33. The summed E-state index contributed by atoms with van der Waals surface area (Å²) in [6.45, 7) is 4.72. The molecule has 1 saturated carbocycles. The van der Waals surface area contributed by atoms with Gasteiger partial charge in [0, 0.05) is 5.54 Å². The van der Waals surface area contributed by atoms with E-state index in [9.17, 15) is 0 Å². The van der Waals surface area contributed by atoms with Crippen molar-refractivity contribution in [2.24, 2.45) is 17.6 Å². The van der Waals surface area contributed by atoms with E-state index in [2.05, 4.69) is 44.2 Å². The van der Waals surface area contributed by atoms with E-state index in [4.69, 9.17) is 5.73 Å². The lowest BCUT2D eigenvalue weighted by atomic mass is 9.70. The molecule has 1 fully saturated rings. The smallest absolute Gasteiger partial charge is 0.0160 e. The SMILES string of the molecule is CC1CCC(N)(CCc2ccccc2)CC1C. The van der Waals surface area contributed by atoms with Crippen LogP contribution in [0.4, 0.5) is 0 Å². The summed E-state index contributed by atoms with van der Waals surface area (Å²) in [4.78, 5) is 0. The molecule has 2 rings (SSSR count). The summed E-state index contributed by atoms with van der Waals surface area (Å²) in [7, 11) is 0. The Morgan fingerprint density at radius 1 is 1.18 bits per heavy atom. The second kappa shape index (κ2) is 5.22. The van der Waals surface area contributed by atoms with Gasteiger partial charge >= 0.3 is 0 Å². The van der Waals surface area contributed by atoms with Gasteiger partial charge in [0.05, 0.1) is 0 Å². The Hall–Kier alpha value is -0.820. The van der Waals surface area contributed by atoms with Crippen molar-refractivity contribution in [3.63, 3.8) is 0 Å². The molecule has 1 heteroatoms. The third-order valence-corrected chi connectivity index (χ3v) is 4.55. The van der Waals surface area contributed by atoms with Crippen LogP contribution in [0, 0.1) is 11.8 Å². The van der Waals surface area contributed by atoms with E-state index in [0.717, 1.165) is 24.7 Å². The number of rotatable bonds is 3. The monoisotopic (exact) mass is 231 g/mol. The maximum atomic E-state index is 6.56. The van der Waals surface area contributed by atoms with Gasteiger partial charge in [-0.3, -0.25) is 0 Å². The van der Waals surface area contributed by atoms with Crippen molar-refractivity contribution in [2.45, 2.75) is 51.5 Å². The van der Waals surface area contributed by atoms with Crippen molar-refractivity contribution in [1.29, 1.82) is 0 Å². The van der Waals surface area contributed by atoms with Gasteiger partial charge in [-0.05, 0) is 49.5 Å². The fraction of sp³-hybridized carbons (Fsp3) is 0.625. The second-order valence-corrected chi connectivity index (χ2v) is 6.05. The molecule has 1 aromatic carbocycles. The second-order valence-electron chi connectivity index (χ2n) is 6.05. The lowest BCUT2D eigenvalue weighted by Gasteiger charge is -2.40. The van der Waals surface area contributed by atoms with E-state index < -0.39 is 0 Å². The summed E-state index contributed by atoms with van der Waals surface area (Å²) in [6, 6.07) is 10.7. The van der Waals surface area contributed by atoms with Crippen molar-refractivity contribution < 1.29 is 0 Å². The van der Waals surface area contributed by atoms with E-state index in [1.54, 1.807) is 0 Å². The van der Waals surface area contributed by atoms with Crippen LogP contribution in [0.2, 0.25) is 0 Å². The Bertz CT molecular complexity index is 346. The van der Waals surface area contributed by atoms with Crippen LogP contribution in [0.1, 0.15) is 45.1 Å². The first kappa shape index (κ1) is 12.6. The average Bonchev–Trinajstić information content (AvgIpc) is 2.34. The predicted molar refractivity (Wildman–Crippen MR) is 73.9 cm³/mol. The molecule has 0 radical (unpaired) electrons. The highest BCUT2D eigenvalue weighted by Crippen LogP contribution is 2.37. The highest BCUT2D eigenvalue weighted by atomic mass is 14.7. The van der Waals surface area contributed by atoms with Gasteiger partial charge in [0.1, 0.15) is 0 Å². The minimum Gasteiger partial charge on any atom is -0.325 e. The molecule has 0 aromatic heterocycles. The Balaban J connectivity index is 1.90. The molecule has 17 heavy (non-hydrogen) atoms. The maximum absolute atomic E-state index is 6.56. The largest absolute Gasteiger partial charge is 0.325 e. The number of nitrogens with two attached hydrogens (primary N) is 1. The van der Waals surface area contributed by atoms with Crippen LogP contribution in [0.15, 0.2) is 30.3 Å². The average molecular weight is 231 g/mol. The molecule has 2 N–H and O–H groups in total. The molecule has 1 nitrogen and oxygen atoms in total. The molecule has 94 valence electrons. The van der Waals surface area contributed by atoms with E-state index in [1.807, 2.05) is 0 Å². The fourth-order valence-electron chi connectivity index (χ4n) is 3.01. The van der Waals surface area contributed by atoms with Crippen LogP contribution < -0.4 is 5.73 Å². The van der Waals surface area contributed by atoms with Gasteiger partial charge in [0.25, 0.3) is 0 Å². The van der Waals surface area contributed by atoms with Gasteiger partial charge < -0.3 is 5.73 Å². The Kier molecular flexibility index (Phi) is 3.88. The minimum absolute atomic E-state index is 0.0851. The van der Waals surface area contributed by atoms with Crippen molar-refractivity contribution in [3.05, 3.63) is 35.9 Å². The van der Waals surface area contributed by atoms with Crippen LogP contribution >= 0.6 is 0 Å². The van der Waals surface area contributed by atoms with Crippen molar-refractivity contribution in [1.82, 2.24) is 0 Å². The molecular formula is C16H25N. The number of aryl methyl sites for hydroxylation is 1. The molecular weight excluding hydrogens is 206 g/mol. The zero-order valence-electron chi connectivity index (χ0n) is 11.2. The zero-order valence-corrected chi connectivity index (χ0v) is 11.2. The first-order valence-electron chi connectivity index (χ1n) is 6.92. The summed E-state index contributed by atoms with van der Waals surface area (Å²) < 4.78 is 0. The van der Waals surface area contributed by atoms with Crippen molar-refractivity contribution in [2.75, 3.05) is 0 Å². The standard InChI is InChI=1S/C16H25N/c1-13-8-10-16(17,12-14(13)2)11-9-15-6-4-3-5-7-15/h3-7,13-14H,8-12,17H2,1-2H3. The molecule has 0 bridgehead atoms. The molecule has 0 spiro atoms. The Morgan fingerprint density at radius 2 is 1.88 bits per heavy atom. The summed E-state index contributed by atoms with van der Waals surface area (Å²) >= 11 is 0. The molecule has 0 amide bonds. The summed E-state index contributed by atoms with van der Waals surface area (Å²) in [5, 5.41) is 0. The Labute approximate surface area is 105 Å². The molecule has 0 saturated heterocycles. The first-order valence-corrected chi connectivity index (χ1v) is 6.92. The normalized spacial score (nSPS) is 33.6. The third-order valence-electron chi connectivity index (χ3n) is 4.55. The van der Waals surface area contributed by atoms with Crippen LogP contribution in [-0.4, -0.2) is 5.54 Å².